The van der Waals surface area contributed by atoms with E-state index in [0.29, 0.717) is 24.6 Å². The Morgan fingerprint density at radius 2 is 1.60 bits per heavy atom. The van der Waals surface area contributed by atoms with E-state index >= 15 is 0 Å². The predicted octanol–water partition coefficient (Wildman–Crippen LogP) is 3.68. The van der Waals surface area contributed by atoms with E-state index in [-0.39, 0.29) is 18.1 Å². The zero-order valence-corrected chi connectivity index (χ0v) is 20.5. The molecule has 0 heterocycles. The number of nitrogens with one attached hydrogen (secondary N) is 2. The molecule has 0 radical (unpaired) electrons. The molecule has 192 valence electrons. The van der Waals surface area contributed by atoms with Crippen LogP contribution in [0.4, 0.5) is 8.78 Å². The smallest absolute Gasteiger partial charge is 0.261 e. The number of nitrogens with two attached hydrogens (primary N) is 1. The molecule has 1 aliphatic rings. The number of sulfonamides is 1. The molecule has 1 amide bonds. The first-order valence-corrected chi connectivity index (χ1v) is 12.9. The number of hydroxylamine groups is 1. The largest absolute Gasteiger partial charge is 0.451 e. The molecular formula is C24H31F2N3O5S. The van der Waals surface area contributed by atoms with Crippen LogP contribution in [0.3, 0.4) is 0 Å². The van der Waals surface area contributed by atoms with E-state index in [1.165, 1.54) is 5.48 Å². The summed E-state index contributed by atoms with van der Waals surface area (Å²) in [4.78, 5) is 11.5. The Morgan fingerprint density at radius 1 is 1.06 bits per heavy atom. The molecule has 11 heteroatoms. The number of hydrogen-bond donors (Lipinski definition) is 4. The molecule has 35 heavy (non-hydrogen) atoms. The summed E-state index contributed by atoms with van der Waals surface area (Å²) in [6, 6.07) is 4.99. The van der Waals surface area contributed by atoms with Gasteiger partial charge in [0.2, 0.25) is 10.0 Å². The zero-order chi connectivity index (χ0) is 25.8. The fourth-order valence-corrected chi connectivity index (χ4v) is 5.71. The Hall–Kier alpha value is -2.60. The normalized spacial score (nSPS) is 19.3. The number of rotatable bonds is 9. The Labute approximate surface area is 203 Å². The minimum absolute atomic E-state index is 0.0323. The van der Waals surface area contributed by atoms with Crippen molar-refractivity contribution in [3.8, 4) is 11.5 Å². The Kier molecular flexibility index (Phi) is 8.81. The first-order valence-electron chi connectivity index (χ1n) is 11.4. The first kappa shape index (κ1) is 27.0. The predicted molar refractivity (Wildman–Crippen MR) is 126 cm³/mol. The number of carbonyl (C=O) groups is 1. The highest BCUT2D eigenvalue weighted by Gasteiger charge is 2.31. The summed E-state index contributed by atoms with van der Waals surface area (Å²) in [6.45, 7) is 4.17. The molecule has 1 atom stereocenters. The molecule has 1 fully saturated rings. The summed E-state index contributed by atoms with van der Waals surface area (Å²) in [7, 11) is -4.51. The molecule has 1 aliphatic carbocycles. The van der Waals surface area contributed by atoms with Crippen molar-refractivity contribution in [3.05, 3.63) is 53.1 Å². The number of carbonyl (C=O) groups excluding carboxylic acids is 1. The molecule has 0 bridgehead atoms. The van der Waals surface area contributed by atoms with E-state index in [1.807, 2.05) is 6.07 Å². The number of hydrogen-bond acceptors (Lipinski definition) is 6. The summed E-state index contributed by atoms with van der Waals surface area (Å²) in [5.74, 6) is -3.49. The van der Waals surface area contributed by atoms with Gasteiger partial charge in [0.1, 0.15) is 11.8 Å². The minimum Gasteiger partial charge on any atom is -0.451 e. The van der Waals surface area contributed by atoms with Crippen molar-refractivity contribution < 1.29 is 31.9 Å². The Morgan fingerprint density at radius 3 is 2.11 bits per heavy atom. The van der Waals surface area contributed by atoms with Crippen LogP contribution in [0.25, 0.3) is 0 Å². The van der Waals surface area contributed by atoms with Gasteiger partial charge in [-0.05, 0) is 86.9 Å². The Balaban J connectivity index is 1.79. The topological polar surface area (TPSA) is 131 Å². The summed E-state index contributed by atoms with van der Waals surface area (Å²) in [5, 5.41) is 9.10. The fraction of sp³-hybridized carbons (Fsp3) is 0.458. The van der Waals surface area contributed by atoms with E-state index in [0.717, 1.165) is 36.8 Å². The van der Waals surface area contributed by atoms with Crippen LogP contribution in [0.1, 0.15) is 43.2 Å². The van der Waals surface area contributed by atoms with Gasteiger partial charge in [-0.3, -0.25) is 10.0 Å². The maximum absolute atomic E-state index is 14.7. The molecule has 2 aromatic rings. The molecule has 2 aromatic carbocycles. The van der Waals surface area contributed by atoms with Gasteiger partial charge in [0.25, 0.3) is 5.91 Å². The van der Waals surface area contributed by atoms with Crippen LogP contribution >= 0.6 is 0 Å². The average Bonchev–Trinajstić information content (AvgIpc) is 2.80. The third kappa shape index (κ3) is 6.97. The van der Waals surface area contributed by atoms with Crippen LogP contribution in [-0.2, 0) is 14.8 Å². The van der Waals surface area contributed by atoms with Gasteiger partial charge in [0, 0.05) is 0 Å². The third-order valence-corrected chi connectivity index (χ3v) is 7.74. The van der Waals surface area contributed by atoms with E-state index in [1.54, 1.807) is 26.0 Å². The van der Waals surface area contributed by atoms with Gasteiger partial charge in [-0.25, -0.2) is 22.7 Å². The molecule has 0 unspecified atom stereocenters. The van der Waals surface area contributed by atoms with Crippen molar-refractivity contribution in [3.63, 3.8) is 0 Å². The van der Waals surface area contributed by atoms with E-state index in [4.69, 9.17) is 15.7 Å². The number of amides is 1. The lowest BCUT2D eigenvalue weighted by Gasteiger charge is -2.30. The molecule has 5 N–H and O–H groups in total. The quantitative estimate of drug-likeness (QED) is 0.300. The van der Waals surface area contributed by atoms with Gasteiger partial charge in [0.05, 0.1) is 4.90 Å². The second-order valence-corrected chi connectivity index (χ2v) is 10.9. The monoisotopic (exact) mass is 511 g/mol. The van der Waals surface area contributed by atoms with Crippen molar-refractivity contribution in [1.29, 1.82) is 0 Å². The zero-order valence-electron chi connectivity index (χ0n) is 19.7. The second-order valence-electron chi connectivity index (χ2n) is 9.15. The van der Waals surface area contributed by atoms with Crippen molar-refractivity contribution in [1.82, 2.24) is 10.2 Å². The van der Waals surface area contributed by atoms with E-state index in [2.05, 4.69) is 4.72 Å². The molecule has 0 saturated heterocycles. The number of ether oxygens (including phenoxy) is 1. The standard InChI is InChI=1S/C24H31F2N3O5S/c1-14-7-15(2)9-18(8-14)34-23-20(25)11-19(12-21(23)26)35(32,33)29-22(24(30)28-31)10-16-3-5-17(13-27)6-4-16/h7-9,11-12,16-17,22,29,31H,3-6,10,13,27H2,1-2H3,(H,28,30)/t16?,17?,22-/m0/s1. The summed E-state index contributed by atoms with van der Waals surface area (Å²) in [5.41, 5.74) is 8.82. The molecule has 1 saturated carbocycles. The fourth-order valence-electron chi connectivity index (χ4n) is 4.48. The number of aryl methyl sites for hydroxylation is 2. The number of benzene rings is 2. The second kappa shape index (κ2) is 11.4. The van der Waals surface area contributed by atoms with Gasteiger partial charge in [0.15, 0.2) is 17.4 Å². The molecule has 0 aliphatic heterocycles. The van der Waals surface area contributed by atoms with Crippen molar-refractivity contribution in [2.75, 3.05) is 6.54 Å². The molecule has 3 rings (SSSR count). The average molecular weight is 512 g/mol. The summed E-state index contributed by atoms with van der Waals surface area (Å²) in [6.07, 6.45) is 3.36. The lowest BCUT2D eigenvalue weighted by Crippen LogP contribution is -2.47. The van der Waals surface area contributed by atoms with Crippen LogP contribution in [0.15, 0.2) is 35.2 Å². The highest BCUT2D eigenvalue weighted by atomic mass is 32.2. The van der Waals surface area contributed by atoms with Crippen molar-refractivity contribution in [2.24, 2.45) is 17.6 Å². The highest BCUT2D eigenvalue weighted by molar-refractivity contribution is 7.89. The number of halogens is 2. The van der Waals surface area contributed by atoms with Gasteiger partial charge in [-0.1, -0.05) is 18.9 Å². The minimum atomic E-state index is -4.51. The van der Waals surface area contributed by atoms with Crippen molar-refractivity contribution >= 4 is 15.9 Å². The van der Waals surface area contributed by atoms with Crippen LogP contribution < -0.4 is 20.7 Å². The van der Waals surface area contributed by atoms with Gasteiger partial charge >= 0.3 is 0 Å². The molecule has 0 spiro atoms. The third-order valence-electron chi connectivity index (χ3n) is 6.29. The van der Waals surface area contributed by atoms with Crippen molar-refractivity contribution in [2.45, 2.75) is 56.9 Å². The molecule has 0 aromatic heterocycles. The highest BCUT2D eigenvalue weighted by Crippen LogP contribution is 2.33. The van der Waals surface area contributed by atoms with Gasteiger partial charge in [-0.2, -0.15) is 4.72 Å². The lowest BCUT2D eigenvalue weighted by molar-refractivity contribution is -0.131. The van der Waals surface area contributed by atoms with Crippen LogP contribution in [0.2, 0.25) is 0 Å². The molecule has 8 nitrogen and oxygen atoms in total. The van der Waals surface area contributed by atoms with Crippen LogP contribution in [0.5, 0.6) is 11.5 Å². The summed E-state index contributed by atoms with van der Waals surface area (Å²) < 4.78 is 62.8. The lowest BCUT2D eigenvalue weighted by atomic mass is 9.79. The van der Waals surface area contributed by atoms with Crippen LogP contribution in [0, 0.1) is 37.3 Å². The Bertz CT molecular complexity index is 1120. The SMILES string of the molecule is Cc1cc(C)cc(Oc2c(F)cc(S(=O)(=O)N[C@@H](CC3CCC(CN)CC3)C(=O)NO)cc2F)c1. The van der Waals surface area contributed by atoms with E-state index < -0.39 is 44.3 Å². The first-order chi connectivity index (χ1) is 16.5. The molecular weight excluding hydrogens is 480 g/mol. The van der Waals surface area contributed by atoms with Crippen LogP contribution in [-0.4, -0.2) is 32.1 Å². The van der Waals surface area contributed by atoms with E-state index in [9.17, 15) is 22.0 Å². The maximum atomic E-state index is 14.7. The maximum Gasteiger partial charge on any atom is 0.261 e. The van der Waals surface area contributed by atoms with Gasteiger partial charge < -0.3 is 10.5 Å². The summed E-state index contributed by atoms with van der Waals surface area (Å²) >= 11 is 0. The van der Waals surface area contributed by atoms with Gasteiger partial charge in [-0.15, -0.1) is 0 Å².